The molecule has 0 aliphatic carbocycles. The average molecular weight is 535 g/mol. The molecule has 13 heteroatoms. The number of ketones is 1. The van der Waals surface area contributed by atoms with E-state index in [1.165, 1.54) is 36.7 Å². The molecule has 1 saturated heterocycles. The molecule has 0 spiro atoms. The fourth-order valence-corrected chi connectivity index (χ4v) is 3.85. The molecule has 0 amide bonds. The van der Waals surface area contributed by atoms with E-state index in [-0.39, 0.29) is 16.9 Å². The number of hydrogen-bond acceptors (Lipinski definition) is 8. The van der Waals surface area contributed by atoms with Gasteiger partial charge in [-0.2, -0.15) is 13.2 Å². The van der Waals surface area contributed by atoms with Crippen LogP contribution in [0.25, 0.3) is 22.2 Å². The topological polar surface area (TPSA) is 121 Å². The third-order valence-electron chi connectivity index (χ3n) is 5.53. The van der Waals surface area contributed by atoms with Gasteiger partial charge in [-0.05, 0) is 55.8 Å². The summed E-state index contributed by atoms with van der Waals surface area (Å²) in [6, 6.07) is 8.96. The lowest BCUT2D eigenvalue weighted by molar-refractivity contribution is -0.141. The number of hydrogen-bond donors (Lipinski definition) is 1. The second-order valence-electron chi connectivity index (χ2n) is 8.07. The number of furan rings is 1. The smallest absolute Gasteiger partial charge is 0.433 e. The summed E-state index contributed by atoms with van der Waals surface area (Å²) in [4.78, 5) is 23.5. The Morgan fingerprint density at radius 1 is 1.14 bits per heavy atom. The highest BCUT2D eigenvalue weighted by Crippen LogP contribution is 2.28. The molecular formula is C24H19F4N4O4S-. The van der Waals surface area contributed by atoms with E-state index in [4.69, 9.17) is 4.42 Å². The van der Waals surface area contributed by atoms with Gasteiger partial charge in [-0.1, -0.05) is 0 Å². The maximum atomic E-state index is 12.7. The summed E-state index contributed by atoms with van der Waals surface area (Å²) < 4.78 is 76.1. The largest absolute Gasteiger partial charge is 0.766 e. The van der Waals surface area contributed by atoms with Crippen LogP contribution in [0.4, 0.5) is 17.6 Å². The zero-order chi connectivity index (χ0) is 26.6. The lowest BCUT2D eigenvalue weighted by Crippen LogP contribution is -2.48. The van der Waals surface area contributed by atoms with Crippen LogP contribution >= 0.6 is 0 Å². The number of rotatable bonds is 6. The molecule has 1 fully saturated rings. The van der Waals surface area contributed by atoms with Gasteiger partial charge in [0.15, 0.2) is 5.09 Å². The molecule has 8 nitrogen and oxygen atoms in total. The fourth-order valence-electron chi connectivity index (χ4n) is 3.47. The third-order valence-corrected chi connectivity index (χ3v) is 6.06. The van der Waals surface area contributed by atoms with Gasteiger partial charge in [0.1, 0.15) is 29.2 Å². The predicted octanol–water partition coefficient (Wildman–Crippen LogP) is 4.23. The van der Waals surface area contributed by atoms with Gasteiger partial charge >= 0.3 is 6.18 Å². The molecule has 0 saturated carbocycles. The average Bonchev–Trinajstić information content (AvgIpc) is 3.26. The van der Waals surface area contributed by atoms with Crippen LogP contribution in [0.2, 0.25) is 0 Å². The Bertz CT molecular complexity index is 1420. The number of alkyl halides is 3. The minimum atomic E-state index is -4.47. The molecule has 4 heterocycles. The summed E-state index contributed by atoms with van der Waals surface area (Å²) in [5, 5.41) is 3.32. The molecule has 194 valence electrons. The van der Waals surface area contributed by atoms with Crippen LogP contribution in [0, 0.1) is 5.82 Å². The van der Waals surface area contributed by atoms with Crippen molar-refractivity contribution in [3.63, 3.8) is 0 Å². The lowest BCUT2D eigenvalue weighted by Gasteiger charge is -2.25. The van der Waals surface area contributed by atoms with E-state index >= 15 is 0 Å². The van der Waals surface area contributed by atoms with Crippen LogP contribution in [-0.4, -0.2) is 42.1 Å². The molecule has 37 heavy (non-hydrogen) atoms. The van der Waals surface area contributed by atoms with Crippen LogP contribution in [0.5, 0.6) is 0 Å². The van der Waals surface area contributed by atoms with E-state index < -0.39 is 28.8 Å². The van der Waals surface area contributed by atoms with Crippen LogP contribution in [0.1, 0.15) is 24.2 Å². The normalized spacial score (nSPS) is 16.0. The Morgan fingerprint density at radius 2 is 1.92 bits per heavy atom. The first-order valence-corrected chi connectivity index (χ1v) is 12.1. The molecule has 3 aromatic heterocycles. The van der Waals surface area contributed by atoms with Crippen LogP contribution in [0.15, 0.2) is 64.5 Å². The molecule has 1 aliphatic rings. The lowest BCUT2D eigenvalue weighted by atomic mass is 9.98. The molecule has 1 unspecified atom stereocenters. The summed E-state index contributed by atoms with van der Waals surface area (Å²) in [7, 11) is 0. The highest BCUT2D eigenvalue weighted by atomic mass is 32.2. The number of nitrogens with zero attached hydrogens (tertiary/aromatic N) is 3. The zero-order valence-electron chi connectivity index (χ0n) is 19.0. The standard InChI is InChI=1S/C16H15F3N4O.C8H5FO3S/c17-16(18,19)15-4-1-10(8-21-15)13-7-11(22-9-23-13)2-3-14(24)12-5-6-20-12;9-6-1-2-7-5(3-6)4-8(12-7)13(10)11/h1,4,7-9,12,20H,2-3,5-6H2;1-4H,(H,10,11)/p-1/t12-;/m0./s1. The van der Waals surface area contributed by atoms with Crippen molar-refractivity contribution in [3.05, 3.63) is 72.2 Å². The molecule has 1 N–H and O–H groups in total. The summed E-state index contributed by atoms with van der Waals surface area (Å²) in [5.74, 6) is -0.269. The fraction of sp³-hybridized carbons (Fsp3) is 0.250. The van der Waals surface area contributed by atoms with E-state index in [2.05, 4.69) is 20.3 Å². The Kier molecular flexibility index (Phi) is 8.05. The highest BCUT2D eigenvalue weighted by molar-refractivity contribution is 7.79. The molecule has 2 atom stereocenters. The molecule has 1 aliphatic heterocycles. The number of carbonyl (C=O) groups is 1. The molecule has 0 radical (unpaired) electrons. The van der Waals surface area contributed by atoms with Gasteiger partial charge in [0.05, 0.1) is 11.7 Å². The van der Waals surface area contributed by atoms with Gasteiger partial charge in [-0.3, -0.25) is 14.0 Å². The van der Waals surface area contributed by atoms with E-state index in [0.29, 0.717) is 40.8 Å². The number of halogens is 4. The highest BCUT2D eigenvalue weighted by Gasteiger charge is 2.32. The van der Waals surface area contributed by atoms with E-state index in [1.54, 1.807) is 6.07 Å². The number of carbonyl (C=O) groups excluding carboxylic acids is 1. The van der Waals surface area contributed by atoms with Gasteiger partial charge in [0.25, 0.3) is 0 Å². The SMILES string of the molecule is O=C(CCc1cc(-c2ccc(C(F)(F)F)nc2)ncn1)[C@@H]1CCN1.O=S([O-])c1cc2cc(F)ccc2o1. The Morgan fingerprint density at radius 3 is 2.54 bits per heavy atom. The number of benzene rings is 1. The van der Waals surface area contributed by atoms with Gasteiger partial charge < -0.3 is 14.3 Å². The van der Waals surface area contributed by atoms with Crippen LogP contribution in [-0.2, 0) is 28.5 Å². The first-order valence-electron chi connectivity index (χ1n) is 11.0. The minimum Gasteiger partial charge on any atom is -0.766 e. The van der Waals surface area contributed by atoms with E-state index in [1.807, 2.05) is 0 Å². The van der Waals surface area contributed by atoms with Gasteiger partial charge in [-0.15, -0.1) is 0 Å². The van der Waals surface area contributed by atoms with Gasteiger partial charge in [0, 0.05) is 46.4 Å². The van der Waals surface area contributed by atoms with Crippen molar-refractivity contribution < 1.29 is 35.5 Å². The number of aromatic nitrogens is 3. The van der Waals surface area contributed by atoms with Crippen molar-refractivity contribution in [2.75, 3.05) is 6.54 Å². The Balaban J connectivity index is 0.000000207. The predicted molar refractivity (Wildman–Crippen MR) is 123 cm³/mol. The van der Waals surface area contributed by atoms with E-state index in [9.17, 15) is 31.1 Å². The molecule has 1 aromatic carbocycles. The Hall–Kier alpha value is -3.55. The number of aryl methyl sites for hydroxylation is 1. The monoisotopic (exact) mass is 535 g/mol. The summed E-state index contributed by atoms with van der Waals surface area (Å²) >= 11 is -2.41. The Labute approximate surface area is 210 Å². The first kappa shape index (κ1) is 26.5. The molecule has 5 rings (SSSR count). The van der Waals surface area contributed by atoms with Gasteiger partial charge in [0.2, 0.25) is 0 Å². The third kappa shape index (κ3) is 6.81. The summed E-state index contributed by atoms with van der Waals surface area (Å²) in [5.41, 5.74) is 1.04. The second-order valence-corrected chi connectivity index (χ2v) is 8.94. The molecule has 4 aromatic rings. The van der Waals surface area contributed by atoms with Crippen molar-refractivity contribution in [3.8, 4) is 11.3 Å². The second kappa shape index (κ2) is 11.2. The zero-order valence-corrected chi connectivity index (χ0v) is 19.8. The number of nitrogens with one attached hydrogen (secondary N) is 1. The quantitative estimate of drug-likeness (QED) is 0.288. The summed E-state index contributed by atoms with van der Waals surface area (Å²) in [6.45, 7) is 0.870. The first-order chi connectivity index (χ1) is 17.6. The van der Waals surface area contributed by atoms with Gasteiger partial charge in [-0.25, -0.2) is 14.4 Å². The minimum absolute atomic E-state index is 0.0505. The van der Waals surface area contributed by atoms with Crippen LogP contribution in [0.3, 0.4) is 0 Å². The number of pyridine rings is 1. The number of Topliss-reactive ketones (excluding diaryl/α,β-unsaturated/α-hetero) is 1. The number of fused-ring (bicyclic) bond motifs is 1. The van der Waals surface area contributed by atoms with Crippen LogP contribution < -0.4 is 5.32 Å². The maximum Gasteiger partial charge on any atom is 0.433 e. The molecule has 0 bridgehead atoms. The van der Waals surface area contributed by atoms with E-state index in [0.717, 1.165) is 25.2 Å². The van der Waals surface area contributed by atoms with Crippen molar-refractivity contribution in [1.82, 2.24) is 20.3 Å². The van der Waals surface area contributed by atoms with Crippen molar-refractivity contribution in [2.24, 2.45) is 0 Å². The van der Waals surface area contributed by atoms with Crippen molar-refractivity contribution in [2.45, 2.75) is 36.6 Å². The maximum absolute atomic E-state index is 12.7. The van der Waals surface area contributed by atoms with Crippen molar-refractivity contribution in [1.29, 1.82) is 0 Å². The molecular weight excluding hydrogens is 516 g/mol. The summed E-state index contributed by atoms with van der Waals surface area (Å²) in [6.07, 6.45) is -0.275. The van der Waals surface area contributed by atoms with Crippen molar-refractivity contribution >= 4 is 27.8 Å².